The second-order valence-corrected chi connectivity index (χ2v) is 7.14. The molecule has 9 heteroatoms. The maximum Gasteiger partial charge on any atom is 0.387 e. The summed E-state index contributed by atoms with van der Waals surface area (Å²) in [5, 5.41) is 5.28. The Morgan fingerprint density at radius 3 is 2.47 bits per heavy atom. The van der Waals surface area contributed by atoms with Gasteiger partial charge in [-0.15, -0.1) is 0 Å². The number of halogens is 2. The van der Waals surface area contributed by atoms with Crippen molar-refractivity contribution >= 4 is 23.5 Å². The minimum atomic E-state index is -2.97. The summed E-state index contributed by atoms with van der Waals surface area (Å²) in [7, 11) is 0. The van der Waals surface area contributed by atoms with Crippen molar-refractivity contribution in [1.29, 1.82) is 0 Å². The van der Waals surface area contributed by atoms with Gasteiger partial charge in [0.2, 0.25) is 5.91 Å². The van der Waals surface area contributed by atoms with E-state index in [1.165, 1.54) is 31.2 Å². The van der Waals surface area contributed by atoms with Crippen LogP contribution in [-0.4, -0.2) is 35.9 Å². The molecule has 30 heavy (non-hydrogen) atoms. The molecule has 1 aliphatic heterocycles. The molecule has 158 valence electrons. The van der Waals surface area contributed by atoms with Crippen molar-refractivity contribution < 1.29 is 27.9 Å². The summed E-state index contributed by atoms with van der Waals surface area (Å²) in [4.78, 5) is 38.6. The lowest BCUT2D eigenvalue weighted by atomic mass is 9.92. The standard InChI is InChI=1S/C21H21F2N3O4/c1-12-5-4-6-16(13(12)2)24-17(27)11-26-18(28)21(3,25-20(26)29)14-7-9-15(10-8-14)30-19(22)23/h4-10,19H,11H2,1-3H3,(H,24,27)(H,25,29)/t21-/m1/s1. The summed E-state index contributed by atoms with van der Waals surface area (Å²) in [6, 6.07) is 10.1. The lowest BCUT2D eigenvalue weighted by molar-refractivity contribution is -0.133. The number of urea groups is 1. The number of carbonyl (C=O) groups excluding carboxylic acids is 3. The molecule has 0 saturated carbocycles. The molecule has 7 nitrogen and oxygen atoms in total. The number of benzene rings is 2. The van der Waals surface area contributed by atoms with E-state index in [4.69, 9.17) is 0 Å². The zero-order chi connectivity index (χ0) is 22.1. The Balaban J connectivity index is 1.73. The first-order valence-corrected chi connectivity index (χ1v) is 9.17. The first-order chi connectivity index (χ1) is 14.1. The van der Waals surface area contributed by atoms with Crippen LogP contribution in [0.3, 0.4) is 0 Å². The SMILES string of the molecule is Cc1cccc(NC(=O)CN2C(=O)N[C@](C)(c3ccc(OC(F)F)cc3)C2=O)c1C. The topological polar surface area (TPSA) is 87.7 Å². The molecule has 4 amide bonds. The minimum absolute atomic E-state index is 0.0705. The smallest absolute Gasteiger partial charge is 0.387 e. The van der Waals surface area contributed by atoms with Gasteiger partial charge in [0.05, 0.1) is 0 Å². The second-order valence-electron chi connectivity index (χ2n) is 7.14. The molecule has 1 heterocycles. The highest BCUT2D eigenvalue weighted by Gasteiger charge is 2.49. The van der Waals surface area contributed by atoms with Crippen molar-refractivity contribution in [2.24, 2.45) is 0 Å². The third-order valence-electron chi connectivity index (χ3n) is 5.11. The van der Waals surface area contributed by atoms with Crippen molar-refractivity contribution in [2.75, 3.05) is 11.9 Å². The maximum atomic E-state index is 12.9. The van der Waals surface area contributed by atoms with Gasteiger partial charge in [0.15, 0.2) is 0 Å². The van der Waals surface area contributed by atoms with Crippen LogP contribution in [0.5, 0.6) is 5.75 Å². The van der Waals surface area contributed by atoms with Gasteiger partial charge in [-0.05, 0) is 55.7 Å². The van der Waals surface area contributed by atoms with Gasteiger partial charge >= 0.3 is 12.6 Å². The van der Waals surface area contributed by atoms with Crippen molar-refractivity contribution in [1.82, 2.24) is 10.2 Å². The highest BCUT2D eigenvalue weighted by atomic mass is 19.3. The quantitative estimate of drug-likeness (QED) is 0.706. The normalized spacial score (nSPS) is 18.5. The predicted molar refractivity (Wildman–Crippen MR) is 105 cm³/mol. The van der Waals surface area contributed by atoms with E-state index in [0.29, 0.717) is 11.3 Å². The largest absolute Gasteiger partial charge is 0.435 e. The summed E-state index contributed by atoms with van der Waals surface area (Å²) in [6.07, 6.45) is 0. The van der Waals surface area contributed by atoms with Crippen LogP contribution < -0.4 is 15.4 Å². The van der Waals surface area contributed by atoms with E-state index in [9.17, 15) is 23.2 Å². The lowest BCUT2D eigenvalue weighted by Crippen LogP contribution is -2.42. The van der Waals surface area contributed by atoms with E-state index in [-0.39, 0.29) is 5.75 Å². The Kier molecular flexibility index (Phi) is 5.73. The van der Waals surface area contributed by atoms with Crippen LogP contribution in [-0.2, 0) is 15.1 Å². The molecule has 0 spiro atoms. The number of alkyl halides is 2. The van der Waals surface area contributed by atoms with E-state index in [1.807, 2.05) is 19.9 Å². The lowest BCUT2D eigenvalue weighted by Gasteiger charge is -2.22. The van der Waals surface area contributed by atoms with Gasteiger partial charge in [-0.3, -0.25) is 14.5 Å². The van der Waals surface area contributed by atoms with Gasteiger partial charge in [-0.25, -0.2) is 4.79 Å². The first kappa shape index (κ1) is 21.2. The number of rotatable bonds is 6. The molecule has 0 aliphatic carbocycles. The number of carbonyl (C=O) groups is 3. The molecular formula is C21H21F2N3O4. The number of nitrogens with one attached hydrogen (secondary N) is 2. The molecule has 0 unspecified atom stereocenters. The van der Waals surface area contributed by atoms with Gasteiger partial charge in [-0.2, -0.15) is 8.78 Å². The third-order valence-corrected chi connectivity index (χ3v) is 5.11. The molecule has 1 atom stereocenters. The van der Waals surface area contributed by atoms with Crippen LogP contribution in [0.2, 0.25) is 0 Å². The van der Waals surface area contributed by atoms with Gasteiger partial charge in [-0.1, -0.05) is 24.3 Å². The summed E-state index contributed by atoms with van der Waals surface area (Å²) in [5.41, 5.74) is 1.43. The van der Waals surface area contributed by atoms with E-state index in [2.05, 4.69) is 15.4 Å². The third kappa shape index (κ3) is 4.10. The van der Waals surface area contributed by atoms with E-state index in [0.717, 1.165) is 16.0 Å². The number of hydrogen-bond donors (Lipinski definition) is 2. The molecule has 2 N–H and O–H groups in total. The number of ether oxygens (including phenoxy) is 1. The summed E-state index contributed by atoms with van der Waals surface area (Å²) < 4.78 is 28.9. The molecule has 2 aromatic rings. The molecule has 0 radical (unpaired) electrons. The molecule has 1 fully saturated rings. The molecule has 1 aliphatic rings. The van der Waals surface area contributed by atoms with Crippen molar-refractivity contribution in [3.8, 4) is 5.75 Å². The monoisotopic (exact) mass is 417 g/mol. The highest BCUT2D eigenvalue weighted by Crippen LogP contribution is 2.30. The Bertz CT molecular complexity index is 994. The Labute approximate surface area is 172 Å². The Morgan fingerprint density at radius 1 is 1.17 bits per heavy atom. The zero-order valence-corrected chi connectivity index (χ0v) is 16.7. The summed E-state index contributed by atoms with van der Waals surface area (Å²) >= 11 is 0. The van der Waals surface area contributed by atoms with Crippen LogP contribution in [0.15, 0.2) is 42.5 Å². The predicted octanol–water partition coefficient (Wildman–Crippen LogP) is 3.31. The van der Waals surface area contributed by atoms with Gasteiger partial charge in [0.1, 0.15) is 17.8 Å². The number of amides is 4. The van der Waals surface area contributed by atoms with Gasteiger partial charge in [0.25, 0.3) is 5.91 Å². The number of nitrogens with zero attached hydrogens (tertiary/aromatic N) is 1. The van der Waals surface area contributed by atoms with Crippen LogP contribution >= 0.6 is 0 Å². The van der Waals surface area contributed by atoms with Gasteiger partial charge in [0, 0.05) is 5.69 Å². The average Bonchev–Trinajstić information content (AvgIpc) is 2.89. The van der Waals surface area contributed by atoms with Crippen molar-refractivity contribution in [2.45, 2.75) is 32.9 Å². The van der Waals surface area contributed by atoms with E-state index in [1.54, 1.807) is 12.1 Å². The zero-order valence-electron chi connectivity index (χ0n) is 16.7. The fourth-order valence-corrected chi connectivity index (χ4v) is 3.23. The van der Waals surface area contributed by atoms with Crippen molar-refractivity contribution in [3.05, 3.63) is 59.2 Å². The first-order valence-electron chi connectivity index (χ1n) is 9.17. The molecule has 3 rings (SSSR count). The van der Waals surface area contributed by atoms with Crippen LogP contribution in [0.4, 0.5) is 19.3 Å². The second kappa shape index (κ2) is 8.10. The van der Waals surface area contributed by atoms with Crippen LogP contribution in [0, 0.1) is 13.8 Å². The number of anilines is 1. The minimum Gasteiger partial charge on any atom is -0.435 e. The number of hydrogen-bond acceptors (Lipinski definition) is 4. The molecule has 0 aromatic heterocycles. The number of aryl methyl sites for hydroxylation is 1. The Morgan fingerprint density at radius 2 is 1.83 bits per heavy atom. The molecule has 1 saturated heterocycles. The molecule has 2 aromatic carbocycles. The summed E-state index contributed by atoms with van der Waals surface area (Å²) in [6.45, 7) is 1.83. The van der Waals surface area contributed by atoms with E-state index >= 15 is 0 Å². The van der Waals surface area contributed by atoms with Crippen LogP contribution in [0.1, 0.15) is 23.6 Å². The highest BCUT2D eigenvalue weighted by molar-refractivity contribution is 6.10. The average molecular weight is 417 g/mol. The van der Waals surface area contributed by atoms with Crippen molar-refractivity contribution in [3.63, 3.8) is 0 Å². The fourth-order valence-electron chi connectivity index (χ4n) is 3.23. The maximum absolute atomic E-state index is 12.9. The molecule has 0 bridgehead atoms. The van der Waals surface area contributed by atoms with E-state index < -0.39 is 36.5 Å². The Hall–Kier alpha value is -3.49. The molecular weight excluding hydrogens is 396 g/mol. The number of imide groups is 1. The van der Waals surface area contributed by atoms with Gasteiger partial charge < -0.3 is 15.4 Å². The van der Waals surface area contributed by atoms with Crippen LogP contribution in [0.25, 0.3) is 0 Å². The fraction of sp³-hybridized carbons (Fsp3) is 0.286. The summed E-state index contributed by atoms with van der Waals surface area (Å²) in [5.74, 6) is -1.21.